The Morgan fingerprint density at radius 2 is 2.25 bits per heavy atom. The summed E-state index contributed by atoms with van der Waals surface area (Å²) in [6.07, 6.45) is 2.50. The third-order valence-corrected chi connectivity index (χ3v) is 4.48. The molecule has 4 heteroatoms. The molecule has 1 aliphatic carbocycles. The molecule has 12 heavy (non-hydrogen) atoms. The lowest BCUT2D eigenvalue weighted by Gasteiger charge is -2.11. The summed E-state index contributed by atoms with van der Waals surface area (Å²) in [6, 6.07) is 0. The maximum Gasteiger partial charge on any atom is 0.228 e. The van der Waals surface area contributed by atoms with Crippen LogP contribution in [-0.2, 0) is 4.79 Å². The van der Waals surface area contributed by atoms with Crippen LogP contribution in [0.1, 0.15) is 13.3 Å². The average molecular weight is 297 g/mol. The molecule has 2 nitrogen and oxygen atoms in total. The van der Waals surface area contributed by atoms with Crippen molar-refractivity contribution in [3.8, 4) is 0 Å². The molecule has 0 aromatic carbocycles. The highest BCUT2D eigenvalue weighted by Gasteiger charge is 2.66. The molecule has 1 atom stereocenters. The van der Waals surface area contributed by atoms with Crippen LogP contribution in [0.3, 0.4) is 0 Å². The lowest BCUT2D eigenvalue weighted by atomic mass is 10.1. The van der Waals surface area contributed by atoms with Crippen molar-refractivity contribution in [2.75, 3.05) is 6.54 Å². The van der Waals surface area contributed by atoms with Crippen molar-refractivity contribution >= 4 is 37.8 Å². The molecule has 0 aliphatic heterocycles. The molecule has 0 aromatic heterocycles. The first-order valence-corrected chi connectivity index (χ1v) is 5.30. The van der Waals surface area contributed by atoms with Crippen molar-refractivity contribution in [3.63, 3.8) is 0 Å². The minimum Gasteiger partial charge on any atom is -0.352 e. The van der Waals surface area contributed by atoms with E-state index in [1.807, 2.05) is 6.92 Å². The smallest absolute Gasteiger partial charge is 0.228 e. The Balaban J connectivity index is 2.50. The molecular weight excluding hydrogens is 286 g/mol. The average Bonchev–Trinajstić information content (AvgIpc) is 2.48. The van der Waals surface area contributed by atoms with Gasteiger partial charge in [-0.2, -0.15) is 0 Å². The zero-order chi connectivity index (χ0) is 9.41. The second-order valence-corrected chi connectivity index (χ2v) is 6.98. The van der Waals surface area contributed by atoms with Gasteiger partial charge in [-0.25, -0.2) is 0 Å². The largest absolute Gasteiger partial charge is 0.352 e. The first-order chi connectivity index (χ1) is 5.44. The van der Waals surface area contributed by atoms with E-state index in [1.165, 1.54) is 0 Å². The van der Waals surface area contributed by atoms with Crippen LogP contribution < -0.4 is 5.32 Å². The number of amides is 1. The zero-order valence-electron chi connectivity index (χ0n) is 6.86. The van der Waals surface area contributed by atoms with Crippen LogP contribution in [0, 0.1) is 5.41 Å². The third-order valence-electron chi connectivity index (χ3n) is 2.17. The van der Waals surface area contributed by atoms with Crippen molar-refractivity contribution in [1.29, 1.82) is 0 Å². The summed E-state index contributed by atoms with van der Waals surface area (Å²) in [6.45, 7) is 5.99. The summed E-state index contributed by atoms with van der Waals surface area (Å²) >= 11 is 6.86. The second kappa shape index (κ2) is 3.14. The van der Waals surface area contributed by atoms with Gasteiger partial charge in [-0.05, 0) is 13.3 Å². The fraction of sp³-hybridized carbons (Fsp3) is 0.625. The van der Waals surface area contributed by atoms with Crippen LogP contribution in [0.15, 0.2) is 12.7 Å². The molecule has 0 saturated heterocycles. The highest BCUT2D eigenvalue weighted by atomic mass is 79.9. The summed E-state index contributed by atoms with van der Waals surface area (Å²) in [5, 5.41) is 2.77. The molecule has 1 aliphatic rings. The van der Waals surface area contributed by atoms with E-state index in [4.69, 9.17) is 0 Å². The molecule has 1 unspecified atom stereocenters. The van der Waals surface area contributed by atoms with Crippen molar-refractivity contribution in [3.05, 3.63) is 12.7 Å². The van der Waals surface area contributed by atoms with Gasteiger partial charge in [0.15, 0.2) is 0 Å². The number of hydrogen-bond acceptors (Lipinski definition) is 1. The van der Waals surface area contributed by atoms with Crippen molar-refractivity contribution < 1.29 is 4.79 Å². The van der Waals surface area contributed by atoms with Gasteiger partial charge in [0, 0.05) is 6.54 Å². The van der Waals surface area contributed by atoms with Gasteiger partial charge in [-0.1, -0.05) is 37.9 Å². The van der Waals surface area contributed by atoms with Gasteiger partial charge in [-0.3, -0.25) is 4.79 Å². The van der Waals surface area contributed by atoms with Crippen molar-refractivity contribution in [2.45, 2.75) is 16.6 Å². The van der Waals surface area contributed by atoms with Crippen LogP contribution in [-0.4, -0.2) is 15.7 Å². The number of rotatable bonds is 3. The number of hydrogen-bond donors (Lipinski definition) is 1. The van der Waals surface area contributed by atoms with Gasteiger partial charge in [0.25, 0.3) is 0 Å². The van der Waals surface area contributed by atoms with Gasteiger partial charge < -0.3 is 5.32 Å². The highest BCUT2D eigenvalue weighted by Crippen LogP contribution is 2.66. The van der Waals surface area contributed by atoms with Gasteiger partial charge >= 0.3 is 0 Å². The summed E-state index contributed by atoms with van der Waals surface area (Å²) in [5.74, 6) is 0.0659. The number of halogens is 2. The zero-order valence-corrected chi connectivity index (χ0v) is 10.0. The van der Waals surface area contributed by atoms with Crippen LogP contribution in [0.2, 0.25) is 0 Å². The molecule has 0 radical (unpaired) electrons. The third kappa shape index (κ3) is 1.59. The summed E-state index contributed by atoms with van der Waals surface area (Å²) in [5.41, 5.74) is -0.310. The molecule has 1 amide bonds. The van der Waals surface area contributed by atoms with E-state index in [0.29, 0.717) is 6.54 Å². The number of nitrogens with one attached hydrogen (secondary N) is 1. The summed E-state index contributed by atoms with van der Waals surface area (Å²) in [4.78, 5) is 11.5. The van der Waals surface area contributed by atoms with E-state index < -0.39 is 0 Å². The van der Waals surface area contributed by atoms with Gasteiger partial charge in [0.2, 0.25) is 5.91 Å². The Labute approximate surface area is 89.0 Å². The maximum absolute atomic E-state index is 11.5. The molecule has 1 fully saturated rings. The molecule has 0 spiro atoms. The van der Waals surface area contributed by atoms with Gasteiger partial charge in [-0.15, -0.1) is 6.58 Å². The Morgan fingerprint density at radius 1 is 1.75 bits per heavy atom. The Bertz CT molecular complexity index is 227. The first kappa shape index (κ1) is 10.3. The maximum atomic E-state index is 11.5. The second-order valence-electron chi connectivity index (χ2n) is 3.21. The van der Waals surface area contributed by atoms with Crippen molar-refractivity contribution in [1.82, 2.24) is 5.32 Å². The topological polar surface area (TPSA) is 29.1 Å². The molecule has 68 valence electrons. The Kier molecular flexibility index (Phi) is 2.69. The quantitative estimate of drug-likeness (QED) is 0.628. The fourth-order valence-corrected chi connectivity index (χ4v) is 2.49. The van der Waals surface area contributed by atoms with E-state index in [0.717, 1.165) is 6.42 Å². The number of carbonyl (C=O) groups is 1. The molecule has 0 aromatic rings. The SMILES string of the molecule is C=CCNC(=O)C1(C)CC1(Br)Br. The number of alkyl halides is 2. The standard InChI is InChI=1S/C8H11Br2NO/c1-3-4-11-6(12)7(2)5-8(7,9)10/h3H,1,4-5H2,2H3,(H,11,12). The molecule has 1 rings (SSSR count). The van der Waals surface area contributed by atoms with Crippen LogP contribution in [0.25, 0.3) is 0 Å². The number of carbonyl (C=O) groups excluding carboxylic acids is 1. The fourth-order valence-electron chi connectivity index (χ4n) is 1.01. The highest BCUT2D eigenvalue weighted by molar-refractivity contribution is 9.25. The Morgan fingerprint density at radius 3 is 2.58 bits per heavy atom. The lowest BCUT2D eigenvalue weighted by molar-refractivity contribution is -0.125. The van der Waals surface area contributed by atoms with E-state index in [9.17, 15) is 4.79 Å². The van der Waals surface area contributed by atoms with E-state index >= 15 is 0 Å². The van der Waals surface area contributed by atoms with Crippen LogP contribution in [0.4, 0.5) is 0 Å². The molecule has 1 saturated carbocycles. The van der Waals surface area contributed by atoms with Gasteiger partial charge in [0.1, 0.15) is 0 Å². The Hall–Kier alpha value is 0.170. The predicted molar refractivity (Wildman–Crippen MR) is 56.5 cm³/mol. The van der Waals surface area contributed by atoms with Crippen LogP contribution in [0.5, 0.6) is 0 Å². The molecule has 0 bridgehead atoms. The summed E-state index contributed by atoms with van der Waals surface area (Å²) in [7, 11) is 0. The predicted octanol–water partition coefficient (Wildman–Crippen LogP) is 2.18. The summed E-state index contributed by atoms with van der Waals surface area (Å²) < 4.78 is -0.196. The molecule has 1 N–H and O–H groups in total. The minimum atomic E-state index is -0.310. The monoisotopic (exact) mass is 295 g/mol. The van der Waals surface area contributed by atoms with E-state index in [1.54, 1.807) is 6.08 Å². The normalized spacial score (nSPS) is 30.9. The first-order valence-electron chi connectivity index (χ1n) is 3.71. The van der Waals surface area contributed by atoms with E-state index in [-0.39, 0.29) is 14.6 Å². The van der Waals surface area contributed by atoms with Crippen LogP contribution >= 0.6 is 31.9 Å². The van der Waals surface area contributed by atoms with Crippen molar-refractivity contribution in [2.24, 2.45) is 5.41 Å². The lowest BCUT2D eigenvalue weighted by Crippen LogP contribution is -2.33. The minimum absolute atomic E-state index is 0.0659. The molecule has 0 heterocycles. The molecular formula is C8H11Br2NO. The van der Waals surface area contributed by atoms with Gasteiger partial charge in [0.05, 0.1) is 8.65 Å². The van der Waals surface area contributed by atoms with E-state index in [2.05, 4.69) is 43.8 Å².